The molecule has 0 saturated heterocycles. The molecule has 0 bridgehead atoms. The Bertz CT molecular complexity index is 250. The molecule has 8 N–H and O–H groups in total. The van der Waals surface area contributed by atoms with E-state index in [1.165, 1.54) is 23.5 Å². The van der Waals surface area contributed by atoms with E-state index in [9.17, 15) is 0 Å². The van der Waals surface area contributed by atoms with Crippen LogP contribution in [0.3, 0.4) is 0 Å². The van der Waals surface area contributed by atoms with Gasteiger partial charge in [-0.15, -0.1) is 0 Å². The number of thiocarbonyl (C=S) groups is 4. The van der Waals surface area contributed by atoms with Crippen molar-refractivity contribution in [1.29, 1.82) is 0 Å². The molecule has 0 fully saturated rings. The Kier molecular flexibility index (Phi) is 32.2. The molecule has 0 amide bonds. The zero-order valence-corrected chi connectivity index (χ0v) is 17.1. The summed E-state index contributed by atoms with van der Waals surface area (Å²) < 4.78 is 1.12. The molecule has 0 rings (SSSR count). The van der Waals surface area contributed by atoms with Gasteiger partial charge in [0, 0.05) is 11.5 Å². The molecule has 19 heavy (non-hydrogen) atoms. The molecule has 0 saturated carbocycles. The predicted octanol–water partition coefficient (Wildman–Crippen LogP) is 0.491. The number of hydrogen-bond acceptors (Lipinski definition) is 8. The van der Waals surface area contributed by atoms with Crippen LogP contribution in [-0.4, -0.2) is 28.8 Å². The van der Waals surface area contributed by atoms with E-state index >= 15 is 0 Å². The summed E-state index contributed by atoms with van der Waals surface area (Å²) in [4.78, 5) is 0. The van der Waals surface area contributed by atoms with Crippen molar-refractivity contribution in [3.8, 4) is 0 Å². The molecule has 0 spiro atoms. The van der Waals surface area contributed by atoms with Gasteiger partial charge >= 0.3 is 17.1 Å². The van der Waals surface area contributed by atoms with Crippen molar-refractivity contribution in [1.82, 2.24) is 0 Å². The van der Waals surface area contributed by atoms with Crippen LogP contribution in [0.2, 0.25) is 0 Å². The van der Waals surface area contributed by atoms with Crippen molar-refractivity contribution in [2.75, 3.05) is 11.5 Å². The summed E-state index contributed by atoms with van der Waals surface area (Å²) in [6.07, 6.45) is 0. The van der Waals surface area contributed by atoms with Crippen molar-refractivity contribution in [2.24, 2.45) is 22.9 Å². The Labute approximate surface area is 165 Å². The van der Waals surface area contributed by atoms with Gasteiger partial charge in [-0.05, 0) is 0 Å². The van der Waals surface area contributed by atoms with E-state index in [2.05, 4.69) is 85.6 Å². The maximum atomic E-state index is 5.23. The third-order valence-electron chi connectivity index (χ3n) is 0.572. The van der Waals surface area contributed by atoms with Gasteiger partial charge in [-0.2, -0.15) is 0 Å². The molecular weight excluding hydrogens is 440 g/mol. The molecule has 0 aromatic carbocycles. The van der Waals surface area contributed by atoms with Crippen LogP contribution in [0, 0.1) is 0 Å². The minimum Gasteiger partial charge on any atom is -0.415 e. The molecule has 0 atom stereocenters. The van der Waals surface area contributed by atoms with Crippen LogP contribution >= 0.6 is 72.4 Å². The van der Waals surface area contributed by atoms with Gasteiger partial charge in [-0.1, -0.05) is 56.6 Å². The Morgan fingerprint density at radius 2 is 0.895 bits per heavy atom. The van der Waals surface area contributed by atoms with E-state index < -0.39 is 0 Å². The van der Waals surface area contributed by atoms with Crippen LogP contribution in [0.15, 0.2) is 0 Å². The van der Waals surface area contributed by atoms with Crippen LogP contribution in [0.5, 0.6) is 0 Å². The Hall–Kier alpha value is 1.22. The molecule has 0 aliphatic carbocycles. The first-order chi connectivity index (χ1) is 8.09. The molecule has 0 unspecified atom stereocenters. The first-order valence-corrected chi connectivity index (χ1v) is 8.29. The summed E-state index contributed by atoms with van der Waals surface area (Å²) >= 11 is 28.7. The summed E-state index contributed by atoms with van der Waals surface area (Å²) in [5.74, 6) is 1.74. The van der Waals surface area contributed by atoms with Gasteiger partial charge in [-0.3, -0.25) is 0 Å². The van der Waals surface area contributed by atoms with Crippen LogP contribution < -0.4 is 22.9 Å². The van der Waals surface area contributed by atoms with E-state index in [0.717, 1.165) is 11.5 Å². The third-order valence-corrected chi connectivity index (χ3v) is 2.92. The van der Waals surface area contributed by atoms with Crippen molar-refractivity contribution >= 4 is 115 Å². The SMILES string of the molecule is NC(=S)SCCSC(N)=S.NC(=S)[S-].NC(=S)[S-].[Mn+2]. The van der Waals surface area contributed by atoms with E-state index in [0.29, 0.717) is 8.64 Å². The Morgan fingerprint density at radius 1 is 0.737 bits per heavy atom. The molecule has 0 aromatic rings. The zero-order chi connectivity index (χ0) is 15.1. The molecule has 0 aromatic heterocycles. The van der Waals surface area contributed by atoms with Gasteiger partial charge in [0.25, 0.3) is 0 Å². The van der Waals surface area contributed by atoms with Crippen molar-refractivity contribution < 1.29 is 17.1 Å². The topological polar surface area (TPSA) is 104 Å². The smallest absolute Gasteiger partial charge is 0.415 e. The fraction of sp³-hybridized carbons (Fsp3) is 0.333. The summed E-state index contributed by atoms with van der Waals surface area (Å²) in [6, 6.07) is 0. The minimum atomic E-state index is 0. The number of thioether (sulfide) groups is 2. The number of nitrogens with two attached hydrogens (primary N) is 4. The van der Waals surface area contributed by atoms with Crippen LogP contribution in [0.25, 0.3) is 0 Å². The van der Waals surface area contributed by atoms with E-state index in [-0.39, 0.29) is 25.7 Å². The van der Waals surface area contributed by atoms with Crippen LogP contribution in [0.1, 0.15) is 0 Å². The van der Waals surface area contributed by atoms with E-state index in [4.69, 9.17) is 11.5 Å². The maximum absolute atomic E-state index is 5.23. The first-order valence-electron chi connectivity index (χ1n) is 3.87. The quantitative estimate of drug-likeness (QED) is 0.208. The fourth-order valence-electron chi connectivity index (χ4n) is 0.285. The second kappa shape index (κ2) is 21.5. The Morgan fingerprint density at radius 3 is 1.00 bits per heavy atom. The molecule has 4 nitrogen and oxygen atoms in total. The molecule has 1 radical (unpaired) electrons. The van der Waals surface area contributed by atoms with Gasteiger partial charge in [0.1, 0.15) is 8.64 Å². The molecule has 0 aliphatic rings. The summed E-state index contributed by atoms with van der Waals surface area (Å²) in [7, 11) is 0. The summed E-state index contributed by atoms with van der Waals surface area (Å²) in [5.41, 5.74) is 19.8. The summed E-state index contributed by atoms with van der Waals surface area (Å²) in [6.45, 7) is 0. The first kappa shape index (κ1) is 28.4. The Balaban J connectivity index is -0.000000105. The molecule has 111 valence electrons. The normalized spacial score (nSPS) is 7.37. The molecule has 0 aliphatic heterocycles. The second-order valence-electron chi connectivity index (χ2n) is 1.97. The summed E-state index contributed by atoms with van der Waals surface area (Å²) in [5, 5.41) is 0. The van der Waals surface area contributed by atoms with Crippen molar-refractivity contribution in [3.63, 3.8) is 0 Å². The predicted molar refractivity (Wildman–Crippen MR) is 107 cm³/mol. The molecular formula is C6H12MnN4S8. The van der Waals surface area contributed by atoms with Crippen LogP contribution in [-0.2, 0) is 42.3 Å². The number of rotatable bonds is 3. The van der Waals surface area contributed by atoms with Crippen molar-refractivity contribution in [3.05, 3.63) is 0 Å². The number of hydrogen-bond donors (Lipinski definition) is 4. The largest absolute Gasteiger partial charge is 2.00 e. The fourth-order valence-corrected chi connectivity index (χ4v) is 1.85. The third kappa shape index (κ3) is 84.4. The average Bonchev–Trinajstić information content (AvgIpc) is 2.09. The minimum absolute atomic E-state index is 0. The van der Waals surface area contributed by atoms with Gasteiger partial charge in [0.2, 0.25) is 0 Å². The monoisotopic (exact) mass is 451 g/mol. The zero-order valence-electron chi connectivity index (χ0n) is 9.37. The molecule has 13 heteroatoms. The van der Waals surface area contributed by atoms with Crippen molar-refractivity contribution in [2.45, 2.75) is 0 Å². The van der Waals surface area contributed by atoms with E-state index in [1.54, 1.807) is 0 Å². The van der Waals surface area contributed by atoms with Gasteiger partial charge in [0.15, 0.2) is 0 Å². The van der Waals surface area contributed by atoms with Crippen LogP contribution in [0.4, 0.5) is 0 Å². The maximum Gasteiger partial charge on any atom is 2.00 e. The second-order valence-corrected chi connectivity index (χ2v) is 7.92. The van der Waals surface area contributed by atoms with Gasteiger partial charge in [0.05, 0.1) is 0 Å². The van der Waals surface area contributed by atoms with Gasteiger partial charge < -0.3 is 72.6 Å². The van der Waals surface area contributed by atoms with E-state index in [1.807, 2.05) is 0 Å². The van der Waals surface area contributed by atoms with Gasteiger partial charge in [-0.25, -0.2) is 0 Å². The average molecular weight is 452 g/mol. The molecule has 0 heterocycles. The standard InChI is InChI=1S/C4H8N2S4.2CH3NS2.Mn/c5-3(7)9-1-2-10-4(6)8;2*2-1(3)4;/h1-2H2,(H2,5,7)(H2,6,8);2*(H3,2,3,4);/q;;;+2/p-2.